The summed E-state index contributed by atoms with van der Waals surface area (Å²) in [4.78, 5) is 0. The average molecular weight is 162 g/mol. The smallest absolute Gasteiger partial charge is 0.0681 e. The van der Waals surface area contributed by atoms with E-state index in [0.717, 1.165) is 11.5 Å². The molecule has 1 saturated carbocycles. The highest BCUT2D eigenvalue weighted by Gasteiger charge is 2.20. The third-order valence-corrected chi connectivity index (χ3v) is 2.43. The van der Waals surface area contributed by atoms with Crippen LogP contribution in [0.5, 0.6) is 0 Å². The van der Waals surface area contributed by atoms with E-state index in [1.54, 1.807) is 0 Å². The molecule has 1 N–H and O–H groups in total. The van der Waals surface area contributed by atoms with Crippen LogP contribution in [0.2, 0.25) is 0 Å². The van der Waals surface area contributed by atoms with Crippen molar-refractivity contribution >= 4 is 0 Å². The van der Waals surface area contributed by atoms with Crippen LogP contribution < -0.4 is 0 Å². The summed E-state index contributed by atoms with van der Waals surface area (Å²) in [6.07, 6.45) is 4.04. The van der Waals surface area contributed by atoms with Gasteiger partial charge in [-0.2, -0.15) is 0 Å². The molecule has 1 fully saturated rings. The predicted octanol–water partition coefficient (Wildman–Crippen LogP) is 2.13. The van der Waals surface area contributed by atoms with Crippen molar-refractivity contribution in [2.24, 2.45) is 5.92 Å². The number of aliphatic hydroxyl groups is 1. The number of benzene rings is 1. The van der Waals surface area contributed by atoms with Gasteiger partial charge < -0.3 is 5.11 Å². The van der Waals surface area contributed by atoms with Crippen molar-refractivity contribution in [2.45, 2.75) is 25.9 Å². The quantitative estimate of drug-likeness (QED) is 0.722. The minimum Gasteiger partial charge on any atom is -0.392 e. The number of hydrogen-bond donors (Lipinski definition) is 1. The number of hydrogen-bond acceptors (Lipinski definition) is 1. The maximum Gasteiger partial charge on any atom is 0.0681 e. The standard InChI is InChI=1S/C11H14O/c12-8-11-5-3-10(4-6-11)7-9-1-2-9/h3-6,9,12H,1-2,7-8H2. The molecule has 0 atom stereocenters. The molecule has 1 aromatic rings. The summed E-state index contributed by atoms with van der Waals surface area (Å²) < 4.78 is 0. The summed E-state index contributed by atoms with van der Waals surface area (Å²) in [5.74, 6) is 0.949. The van der Waals surface area contributed by atoms with Gasteiger partial charge in [0, 0.05) is 0 Å². The largest absolute Gasteiger partial charge is 0.392 e. The van der Waals surface area contributed by atoms with Gasteiger partial charge in [-0.3, -0.25) is 0 Å². The van der Waals surface area contributed by atoms with Gasteiger partial charge in [0.2, 0.25) is 0 Å². The molecule has 1 heteroatoms. The minimum atomic E-state index is 0.156. The second-order valence-corrected chi connectivity index (χ2v) is 3.62. The highest BCUT2D eigenvalue weighted by Crippen LogP contribution is 2.32. The first kappa shape index (κ1) is 7.81. The Bertz CT molecular complexity index is 246. The lowest BCUT2D eigenvalue weighted by Gasteiger charge is -2.00. The van der Waals surface area contributed by atoms with Gasteiger partial charge in [0.25, 0.3) is 0 Å². The summed E-state index contributed by atoms with van der Waals surface area (Å²) >= 11 is 0. The Morgan fingerprint density at radius 3 is 2.17 bits per heavy atom. The molecule has 0 amide bonds. The first-order chi connectivity index (χ1) is 5.88. The van der Waals surface area contributed by atoms with Crippen LogP contribution in [-0.4, -0.2) is 5.11 Å². The van der Waals surface area contributed by atoms with Crippen LogP contribution >= 0.6 is 0 Å². The second-order valence-electron chi connectivity index (χ2n) is 3.62. The highest BCUT2D eigenvalue weighted by atomic mass is 16.3. The van der Waals surface area contributed by atoms with Crippen LogP contribution in [0.15, 0.2) is 24.3 Å². The van der Waals surface area contributed by atoms with Crippen molar-refractivity contribution in [3.05, 3.63) is 35.4 Å². The maximum atomic E-state index is 8.82. The fourth-order valence-electron chi connectivity index (χ4n) is 1.44. The van der Waals surface area contributed by atoms with Crippen LogP contribution in [0.4, 0.5) is 0 Å². The van der Waals surface area contributed by atoms with Crippen LogP contribution in [-0.2, 0) is 13.0 Å². The van der Waals surface area contributed by atoms with Crippen molar-refractivity contribution in [2.75, 3.05) is 0 Å². The zero-order valence-electron chi connectivity index (χ0n) is 7.16. The Hall–Kier alpha value is -0.820. The van der Waals surface area contributed by atoms with Crippen LogP contribution in [0.3, 0.4) is 0 Å². The minimum absolute atomic E-state index is 0.156. The number of aliphatic hydroxyl groups excluding tert-OH is 1. The summed E-state index contributed by atoms with van der Waals surface area (Å²) in [7, 11) is 0. The Labute approximate surface area is 73.0 Å². The lowest BCUT2D eigenvalue weighted by atomic mass is 10.1. The van der Waals surface area contributed by atoms with Gasteiger partial charge in [0.1, 0.15) is 0 Å². The van der Waals surface area contributed by atoms with Gasteiger partial charge in [-0.1, -0.05) is 24.3 Å². The zero-order valence-corrected chi connectivity index (χ0v) is 7.16. The Kier molecular flexibility index (Phi) is 2.13. The molecule has 64 valence electrons. The normalized spacial score (nSPS) is 16.4. The number of rotatable bonds is 3. The second kappa shape index (κ2) is 3.28. The van der Waals surface area contributed by atoms with E-state index in [0.29, 0.717) is 0 Å². The lowest BCUT2D eigenvalue weighted by Crippen LogP contribution is -1.88. The molecule has 0 heterocycles. The van der Waals surface area contributed by atoms with Crippen LogP contribution in [0, 0.1) is 5.92 Å². The van der Waals surface area contributed by atoms with Crippen molar-refractivity contribution in [3.63, 3.8) is 0 Å². The molecule has 1 nitrogen and oxygen atoms in total. The van der Waals surface area contributed by atoms with Gasteiger partial charge in [0.15, 0.2) is 0 Å². The van der Waals surface area contributed by atoms with E-state index in [4.69, 9.17) is 5.11 Å². The molecule has 0 saturated heterocycles. The molecule has 1 aliphatic rings. The molecule has 1 aliphatic carbocycles. The van der Waals surface area contributed by atoms with Crippen LogP contribution in [0.1, 0.15) is 24.0 Å². The predicted molar refractivity (Wildman–Crippen MR) is 48.8 cm³/mol. The Morgan fingerprint density at radius 2 is 1.67 bits per heavy atom. The van der Waals surface area contributed by atoms with E-state index in [9.17, 15) is 0 Å². The third-order valence-electron chi connectivity index (χ3n) is 2.43. The Balaban J connectivity index is 2.02. The third kappa shape index (κ3) is 1.86. The summed E-state index contributed by atoms with van der Waals surface area (Å²) in [6.45, 7) is 0.156. The zero-order chi connectivity index (χ0) is 8.39. The van der Waals surface area contributed by atoms with E-state index in [-0.39, 0.29) is 6.61 Å². The molecule has 0 spiro atoms. The maximum absolute atomic E-state index is 8.82. The molecular formula is C11H14O. The lowest BCUT2D eigenvalue weighted by molar-refractivity contribution is 0.282. The molecule has 12 heavy (non-hydrogen) atoms. The molecule has 0 bridgehead atoms. The van der Waals surface area contributed by atoms with Crippen molar-refractivity contribution < 1.29 is 5.11 Å². The molecule has 2 rings (SSSR count). The monoisotopic (exact) mass is 162 g/mol. The van der Waals surface area contributed by atoms with Gasteiger partial charge in [-0.15, -0.1) is 0 Å². The molecular weight excluding hydrogens is 148 g/mol. The van der Waals surface area contributed by atoms with E-state index < -0.39 is 0 Å². The molecule has 1 aromatic carbocycles. The summed E-state index contributed by atoms with van der Waals surface area (Å²) in [6, 6.07) is 8.28. The first-order valence-corrected chi connectivity index (χ1v) is 4.57. The van der Waals surface area contributed by atoms with E-state index in [1.165, 1.54) is 24.8 Å². The summed E-state index contributed by atoms with van der Waals surface area (Å²) in [5.41, 5.74) is 2.42. The fraction of sp³-hybridized carbons (Fsp3) is 0.455. The summed E-state index contributed by atoms with van der Waals surface area (Å²) in [5, 5.41) is 8.82. The fourth-order valence-corrected chi connectivity index (χ4v) is 1.44. The van der Waals surface area contributed by atoms with E-state index in [1.807, 2.05) is 12.1 Å². The van der Waals surface area contributed by atoms with Gasteiger partial charge in [-0.05, 0) is 36.3 Å². The van der Waals surface area contributed by atoms with Gasteiger partial charge >= 0.3 is 0 Å². The van der Waals surface area contributed by atoms with Crippen molar-refractivity contribution in [3.8, 4) is 0 Å². The van der Waals surface area contributed by atoms with Crippen molar-refractivity contribution in [1.29, 1.82) is 0 Å². The van der Waals surface area contributed by atoms with E-state index >= 15 is 0 Å². The molecule has 0 aromatic heterocycles. The van der Waals surface area contributed by atoms with Crippen molar-refractivity contribution in [1.82, 2.24) is 0 Å². The van der Waals surface area contributed by atoms with Gasteiger partial charge in [0.05, 0.1) is 6.61 Å². The SMILES string of the molecule is OCc1ccc(CC2CC2)cc1. The molecule has 0 aliphatic heterocycles. The van der Waals surface area contributed by atoms with Crippen LogP contribution in [0.25, 0.3) is 0 Å². The Morgan fingerprint density at radius 1 is 1.08 bits per heavy atom. The topological polar surface area (TPSA) is 20.2 Å². The highest BCUT2D eigenvalue weighted by molar-refractivity contribution is 5.22. The average Bonchev–Trinajstić information content (AvgIpc) is 2.90. The molecule has 0 unspecified atom stereocenters. The first-order valence-electron chi connectivity index (χ1n) is 4.57. The van der Waals surface area contributed by atoms with E-state index in [2.05, 4.69) is 12.1 Å². The van der Waals surface area contributed by atoms with Gasteiger partial charge in [-0.25, -0.2) is 0 Å². The molecule has 0 radical (unpaired) electrons.